The predicted octanol–water partition coefficient (Wildman–Crippen LogP) is 2.87. The summed E-state index contributed by atoms with van der Waals surface area (Å²) in [6, 6.07) is 17.2. The van der Waals surface area contributed by atoms with Crippen LogP contribution in [0.5, 0.6) is 5.75 Å². The van der Waals surface area contributed by atoms with E-state index in [4.69, 9.17) is 16.3 Å². The third kappa shape index (κ3) is 5.21. The Kier molecular flexibility index (Phi) is 5.87. The summed E-state index contributed by atoms with van der Waals surface area (Å²) in [5, 5.41) is 13.7. The lowest BCUT2D eigenvalue weighted by Gasteiger charge is -2.13. The molecule has 0 amide bonds. The third-order valence-corrected chi connectivity index (χ3v) is 3.06. The van der Waals surface area contributed by atoms with E-state index in [0.29, 0.717) is 17.3 Å². The molecule has 3 nitrogen and oxygen atoms in total. The van der Waals surface area contributed by atoms with Gasteiger partial charge >= 0.3 is 0 Å². The minimum absolute atomic E-state index is 0.253. The topological polar surface area (TPSA) is 41.5 Å². The minimum Gasteiger partial charge on any atom is -0.491 e. The predicted molar refractivity (Wildman–Crippen MR) is 81.1 cm³/mol. The van der Waals surface area contributed by atoms with Crippen molar-refractivity contribution in [3.63, 3.8) is 0 Å². The highest BCUT2D eigenvalue weighted by Crippen LogP contribution is 2.15. The Morgan fingerprint density at radius 1 is 1.05 bits per heavy atom. The second-order valence-corrected chi connectivity index (χ2v) is 4.97. The fourth-order valence-electron chi connectivity index (χ4n) is 1.76. The molecule has 0 aliphatic carbocycles. The summed E-state index contributed by atoms with van der Waals surface area (Å²) in [6.07, 6.45) is -0.547. The largest absolute Gasteiger partial charge is 0.491 e. The maximum absolute atomic E-state index is 9.83. The molecule has 0 unspecified atom stereocenters. The normalized spacial score (nSPS) is 12.1. The Bertz CT molecular complexity index is 502. The molecule has 0 heterocycles. The first kappa shape index (κ1) is 14.9. The number of hydrogen-bond acceptors (Lipinski definition) is 3. The zero-order valence-electron chi connectivity index (χ0n) is 11.1. The van der Waals surface area contributed by atoms with E-state index in [0.717, 1.165) is 6.54 Å². The van der Waals surface area contributed by atoms with Crippen LogP contribution in [0.25, 0.3) is 0 Å². The monoisotopic (exact) mass is 291 g/mol. The molecule has 20 heavy (non-hydrogen) atoms. The Balaban J connectivity index is 1.65. The van der Waals surface area contributed by atoms with Gasteiger partial charge in [0.25, 0.3) is 0 Å². The molecule has 0 spiro atoms. The second kappa shape index (κ2) is 7.90. The Morgan fingerprint density at radius 3 is 2.45 bits per heavy atom. The number of ether oxygens (including phenoxy) is 1. The Morgan fingerprint density at radius 2 is 1.75 bits per heavy atom. The number of aliphatic hydroxyl groups excluding tert-OH is 1. The molecule has 0 saturated heterocycles. The van der Waals surface area contributed by atoms with Gasteiger partial charge in [0.1, 0.15) is 18.5 Å². The molecule has 0 fully saturated rings. The van der Waals surface area contributed by atoms with Gasteiger partial charge in [-0.3, -0.25) is 0 Å². The maximum atomic E-state index is 9.83. The van der Waals surface area contributed by atoms with Crippen LogP contribution in [0.2, 0.25) is 5.02 Å². The molecular weight excluding hydrogens is 274 g/mol. The van der Waals surface area contributed by atoms with Crippen molar-refractivity contribution in [2.24, 2.45) is 0 Å². The molecule has 106 valence electrons. The maximum Gasteiger partial charge on any atom is 0.119 e. The van der Waals surface area contributed by atoms with Gasteiger partial charge in [0.2, 0.25) is 0 Å². The third-order valence-electron chi connectivity index (χ3n) is 2.81. The molecule has 0 radical (unpaired) electrons. The zero-order valence-corrected chi connectivity index (χ0v) is 11.9. The van der Waals surface area contributed by atoms with Crippen LogP contribution in [0, 0.1) is 0 Å². The molecule has 4 heteroatoms. The first-order valence-electron chi connectivity index (χ1n) is 6.55. The second-order valence-electron chi connectivity index (χ2n) is 4.54. The Labute approximate surface area is 124 Å². The highest BCUT2D eigenvalue weighted by molar-refractivity contribution is 6.30. The van der Waals surface area contributed by atoms with Crippen molar-refractivity contribution in [1.82, 2.24) is 5.32 Å². The first-order chi connectivity index (χ1) is 9.74. The van der Waals surface area contributed by atoms with Gasteiger partial charge in [0, 0.05) is 18.1 Å². The summed E-state index contributed by atoms with van der Waals surface area (Å²) in [5.41, 5.74) is 1.19. The van der Waals surface area contributed by atoms with Gasteiger partial charge < -0.3 is 15.2 Å². The van der Waals surface area contributed by atoms with Gasteiger partial charge in [-0.15, -0.1) is 0 Å². The van der Waals surface area contributed by atoms with Gasteiger partial charge in [0.05, 0.1) is 0 Å². The number of hydrogen-bond donors (Lipinski definition) is 2. The smallest absolute Gasteiger partial charge is 0.119 e. The molecule has 0 aliphatic rings. The van der Waals surface area contributed by atoms with Crippen molar-refractivity contribution in [2.75, 3.05) is 13.2 Å². The van der Waals surface area contributed by atoms with Crippen molar-refractivity contribution in [3.05, 3.63) is 65.2 Å². The van der Waals surface area contributed by atoms with Gasteiger partial charge in [-0.25, -0.2) is 0 Å². The molecule has 1 atom stereocenters. The summed E-state index contributed by atoms with van der Waals surface area (Å²) in [4.78, 5) is 0. The lowest BCUT2D eigenvalue weighted by molar-refractivity contribution is 0.106. The van der Waals surface area contributed by atoms with E-state index in [9.17, 15) is 5.11 Å². The molecule has 2 N–H and O–H groups in total. The number of halogens is 1. The average Bonchev–Trinajstić information content (AvgIpc) is 2.48. The quantitative estimate of drug-likeness (QED) is 0.824. The lowest BCUT2D eigenvalue weighted by atomic mass is 10.2. The van der Waals surface area contributed by atoms with E-state index in [2.05, 4.69) is 5.32 Å². The zero-order chi connectivity index (χ0) is 14.2. The summed E-state index contributed by atoms with van der Waals surface area (Å²) >= 11 is 5.79. The van der Waals surface area contributed by atoms with E-state index < -0.39 is 6.10 Å². The van der Waals surface area contributed by atoms with Gasteiger partial charge in [-0.2, -0.15) is 0 Å². The van der Waals surface area contributed by atoms with Crippen LogP contribution >= 0.6 is 11.6 Å². The van der Waals surface area contributed by atoms with Crippen molar-refractivity contribution in [3.8, 4) is 5.75 Å². The fraction of sp³-hybridized carbons (Fsp3) is 0.250. The summed E-state index contributed by atoms with van der Waals surface area (Å²) in [6.45, 7) is 1.48. The van der Waals surface area contributed by atoms with Crippen molar-refractivity contribution in [1.29, 1.82) is 0 Å². The SMILES string of the molecule is O[C@H](CNCc1ccccc1)COc1ccc(Cl)cc1. The molecule has 0 aliphatic heterocycles. The number of rotatable bonds is 7. The molecule has 0 bridgehead atoms. The molecule has 2 rings (SSSR count). The highest BCUT2D eigenvalue weighted by atomic mass is 35.5. The number of benzene rings is 2. The fourth-order valence-corrected chi connectivity index (χ4v) is 1.89. The van der Waals surface area contributed by atoms with E-state index in [1.807, 2.05) is 30.3 Å². The summed E-state index contributed by atoms with van der Waals surface area (Å²) in [5.74, 6) is 0.705. The number of aliphatic hydroxyl groups is 1. The summed E-state index contributed by atoms with van der Waals surface area (Å²) in [7, 11) is 0. The molecular formula is C16H18ClNO2. The molecule has 0 saturated carbocycles. The van der Waals surface area contributed by atoms with Crippen LogP contribution in [0.15, 0.2) is 54.6 Å². The molecule has 0 aromatic heterocycles. The standard InChI is InChI=1S/C16H18ClNO2/c17-14-6-8-16(9-7-14)20-12-15(19)11-18-10-13-4-2-1-3-5-13/h1-9,15,18-19H,10-12H2/t15-/m1/s1. The van der Waals surface area contributed by atoms with E-state index in [-0.39, 0.29) is 6.61 Å². The van der Waals surface area contributed by atoms with Crippen LogP contribution < -0.4 is 10.1 Å². The van der Waals surface area contributed by atoms with Gasteiger partial charge in [-0.1, -0.05) is 41.9 Å². The van der Waals surface area contributed by atoms with Gasteiger partial charge in [0.15, 0.2) is 0 Å². The highest BCUT2D eigenvalue weighted by Gasteiger charge is 2.05. The first-order valence-corrected chi connectivity index (χ1v) is 6.93. The Hall–Kier alpha value is -1.55. The van der Waals surface area contributed by atoms with Crippen LogP contribution in [-0.4, -0.2) is 24.4 Å². The number of nitrogens with one attached hydrogen (secondary N) is 1. The molecule has 2 aromatic carbocycles. The van der Waals surface area contributed by atoms with Gasteiger partial charge in [-0.05, 0) is 29.8 Å². The van der Waals surface area contributed by atoms with Crippen molar-refractivity contribution in [2.45, 2.75) is 12.6 Å². The van der Waals surface area contributed by atoms with E-state index in [1.54, 1.807) is 24.3 Å². The summed E-state index contributed by atoms with van der Waals surface area (Å²) < 4.78 is 5.48. The van der Waals surface area contributed by atoms with E-state index >= 15 is 0 Å². The van der Waals surface area contributed by atoms with Crippen LogP contribution in [0.4, 0.5) is 0 Å². The lowest BCUT2D eigenvalue weighted by Crippen LogP contribution is -2.31. The van der Waals surface area contributed by atoms with Crippen molar-refractivity contribution >= 4 is 11.6 Å². The van der Waals surface area contributed by atoms with Crippen molar-refractivity contribution < 1.29 is 9.84 Å². The molecule has 2 aromatic rings. The van der Waals surface area contributed by atoms with Crippen LogP contribution in [0.3, 0.4) is 0 Å². The minimum atomic E-state index is -0.547. The van der Waals surface area contributed by atoms with E-state index in [1.165, 1.54) is 5.56 Å². The average molecular weight is 292 g/mol. The van der Waals surface area contributed by atoms with Crippen LogP contribution in [0.1, 0.15) is 5.56 Å². The van der Waals surface area contributed by atoms with Crippen LogP contribution in [-0.2, 0) is 6.54 Å².